The van der Waals surface area contributed by atoms with E-state index in [2.05, 4.69) is 11.6 Å². The predicted molar refractivity (Wildman–Crippen MR) is 73.8 cm³/mol. The van der Waals surface area contributed by atoms with Crippen molar-refractivity contribution in [3.05, 3.63) is 60.3 Å². The van der Waals surface area contributed by atoms with E-state index in [1.165, 1.54) is 0 Å². The van der Waals surface area contributed by atoms with Crippen molar-refractivity contribution in [2.75, 3.05) is 5.73 Å². The molecule has 4 heteroatoms. The van der Waals surface area contributed by atoms with E-state index >= 15 is 0 Å². The Bertz CT molecular complexity index is 644. The molecule has 0 aliphatic heterocycles. The number of nitrogens with two attached hydrogens (primary N) is 1. The van der Waals surface area contributed by atoms with Gasteiger partial charge in [0.2, 0.25) is 5.88 Å². The van der Waals surface area contributed by atoms with Crippen molar-refractivity contribution < 1.29 is 4.74 Å². The van der Waals surface area contributed by atoms with Crippen molar-refractivity contribution >= 4 is 5.69 Å². The monoisotopic (exact) mass is 251 g/mol. The summed E-state index contributed by atoms with van der Waals surface area (Å²) in [4.78, 5) is 4.08. The average molecular weight is 251 g/mol. The summed E-state index contributed by atoms with van der Waals surface area (Å²) in [6.45, 7) is 3.71. The average Bonchev–Trinajstić information content (AvgIpc) is 2.42. The van der Waals surface area contributed by atoms with Crippen LogP contribution in [0.4, 0.5) is 5.69 Å². The van der Waals surface area contributed by atoms with Gasteiger partial charge in [-0.05, 0) is 30.7 Å². The molecule has 0 unspecified atom stereocenters. The molecule has 0 spiro atoms. The van der Waals surface area contributed by atoms with E-state index < -0.39 is 0 Å². The molecule has 0 fully saturated rings. The second-order valence-corrected chi connectivity index (χ2v) is 3.96. The first-order valence-corrected chi connectivity index (χ1v) is 5.76. The third-order valence-corrected chi connectivity index (χ3v) is 2.53. The van der Waals surface area contributed by atoms with E-state index in [4.69, 9.17) is 15.7 Å². The summed E-state index contributed by atoms with van der Waals surface area (Å²) in [5, 5.41) is 8.84. The number of benzene rings is 1. The van der Waals surface area contributed by atoms with Gasteiger partial charge in [0.15, 0.2) is 0 Å². The van der Waals surface area contributed by atoms with Crippen LogP contribution in [-0.4, -0.2) is 4.98 Å². The van der Waals surface area contributed by atoms with Gasteiger partial charge >= 0.3 is 0 Å². The molecule has 0 saturated carbocycles. The number of anilines is 1. The molecule has 0 atom stereocenters. The van der Waals surface area contributed by atoms with Crippen molar-refractivity contribution in [1.29, 1.82) is 5.26 Å². The quantitative estimate of drug-likeness (QED) is 0.669. The van der Waals surface area contributed by atoms with Crippen LogP contribution in [0.25, 0.3) is 0 Å². The van der Waals surface area contributed by atoms with E-state index in [9.17, 15) is 0 Å². The summed E-state index contributed by atoms with van der Waals surface area (Å²) < 4.78 is 5.69. The molecule has 0 amide bonds. The highest BCUT2D eigenvalue weighted by Crippen LogP contribution is 2.26. The summed E-state index contributed by atoms with van der Waals surface area (Å²) in [6.07, 6.45) is 3.97. The van der Waals surface area contributed by atoms with Crippen molar-refractivity contribution in [2.45, 2.75) is 6.42 Å². The van der Waals surface area contributed by atoms with Crippen LogP contribution < -0.4 is 10.5 Å². The number of allylic oxidation sites excluding steroid dienone is 1. The zero-order chi connectivity index (χ0) is 13.7. The van der Waals surface area contributed by atoms with Gasteiger partial charge in [0.1, 0.15) is 5.75 Å². The number of hydrogen-bond acceptors (Lipinski definition) is 4. The second-order valence-electron chi connectivity index (χ2n) is 3.96. The standard InChI is InChI=1S/C15H13N3O/c1-2-3-12-9-13(17)4-5-14(12)19-15-8-11(10-16)6-7-18-15/h2,4-9H,1,3,17H2. The zero-order valence-electron chi connectivity index (χ0n) is 10.3. The first-order chi connectivity index (χ1) is 9.22. The van der Waals surface area contributed by atoms with Gasteiger partial charge in [-0.15, -0.1) is 6.58 Å². The fourth-order valence-electron chi connectivity index (χ4n) is 1.66. The minimum absolute atomic E-state index is 0.383. The number of rotatable bonds is 4. The normalized spacial score (nSPS) is 9.63. The summed E-state index contributed by atoms with van der Waals surface area (Å²) in [7, 11) is 0. The first-order valence-electron chi connectivity index (χ1n) is 5.76. The maximum atomic E-state index is 8.84. The molecule has 94 valence electrons. The Labute approximate surface area is 111 Å². The second kappa shape index (κ2) is 5.69. The smallest absolute Gasteiger partial charge is 0.220 e. The third-order valence-electron chi connectivity index (χ3n) is 2.53. The van der Waals surface area contributed by atoms with Crippen LogP contribution in [0.15, 0.2) is 49.2 Å². The van der Waals surface area contributed by atoms with E-state index in [1.54, 1.807) is 36.5 Å². The molecule has 2 rings (SSSR count). The molecule has 2 aromatic rings. The Hall–Kier alpha value is -2.80. The molecule has 0 bridgehead atoms. The summed E-state index contributed by atoms with van der Waals surface area (Å²) in [6, 6.07) is 10.6. The lowest BCUT2D eigenvalue weighted by molar-refractivity contribution is 0.458. The van der Waals surface area contributed by atoms with E-state index in [0.29, 0.717) is 29.3 Å². The number of nitriles is 1. The Morgan fingerprint density at radius 3 is 2.95 bits per heavy atom. The van der Waals surface area contributed by atoms with Gasteiger partial charge < -0.3 is 10.5 Å². The molecule has 0 aliphatic carbocycles. The van der Waals surface area contributed by atoms with Crippen LogP contribution in [0, 0.1) is 11.3 Å². The largest absolute Gasteiger partial charge is 0.439 e. The lowest BCUT2D eigenvalue weighted by Gasteiger charge is -2.10. The molecule has 4 nitrogen and oxygen atoms in total. The molecular formula is C15H13N3O. The topological polar surface area (TPSA) is 71.9 Å². The van der Waals surface area contributed by atoms with E-state index in [1.807, 2.05) is 12.1 Å². The Morgan fingerprint density at radius 1 is 1.37 bits per heavy atom. The Morgan fingerprint density at radius 2 is 2.21 bits per heavy atom. The van der Waals surface area contributed by atoms with Crippen LogP contribution in [0.3, 0.4) is 0 Å². The fourth-order valence-corrected chi connectivity index (χ4v) is 1.66. The fraction of sp³-hybridized carbons (Fsp3) is 0.0667. The van der Waals surface area contributed by atoms with Crippen LogP contribution in [0.1, 0.15) is 11.1 Å². The summed E-state index contributed by atoms with van der Waals surface area (Å²) in [5.41, 5.74) is 7.85. The SMILES string of the molecule is C=CCc1cc(N)ccc1Oc1cc(C#N)ccn1. The van der Waals surface area contributed by atoms with Crippen molar-refractivity contribution in [1.82, 2.24) is 4.98 Å². The maximum Gasteiger partial charge on any atom is 0.220 e. The number of pyridine rings is 1. The van der Waals surface area contributed by atoms with Gasteiger partial charge in [-0.3, -0.25) is 0 Å². The van der Waals surface area contributed by atoms with Crippen LogP contribution >= 0.6 is 0 Å². The Balaban J connectivity index is 2.32. The Kier molecular flexibility index (Phi) is 3.79. The molecule has 0 saturated heterocycles. The first kappa shape index (κ1) is 12.7. The number of ether oxygens (including phenoxy) is 1. The number of nitrogens with zero attached hydrogens (tertiary/aromatic N) is 2. The number of hydrogen-bond donors (Lipinski definition) is 1. The van der Waals surface area contributed by atoms with Gasteiger partial charge in [0.25, 0.3) is 0 Å². The van der Waals surface area contributed by atoms with Crippen molar-refractivity contribution in [3.8, 4) is 17.7 Å². The van der Waals surface area contributed by atoms with Crippen LogP contribution in [0.2, 0.25) is 0 Å². The molecule has 0 aliphatic rings. The molecular weight excluding hydrogens is 238 g/mol. The van der Waals surface area contributed by atoms with E-state index in [0.717, 1.165) is 5.56 Å². The molecule has 1 heterocycles. The molecule has 0 radical (unpaired) electrons. The summed E-state index contributed by atoms with van der Waals surface area (Å²) in [5.74, 6) is 1.05. The molecule has 1 aromatic carbocycles. The maximum absolute atomic E-state index is 8.84. The van der Waals surface area contributed by atoms with Gasteiger partial charge in [-0.25, -0.2) is 4.98 Å². The lowest BCUT2D eigenvalue weighted by atomic mass is 10.1. The highest BCUT2D eigenvalue weighted by Gasteiger charge is 2.06. The highest BCUT2D eigenvalue weighted by molar-refractivity contribution is 5.49. The predicted octanol–water partition coefficient (Wildman–Crippen LogP) is 3.06. The van der Waals surface area contributed by atoms with Gasteiger partial charge in [0.05, 0.1) is 11.6 Å². The minimum Gasteiger partial charge on any atom is -0.439 e. The lowest BCUT2D eigenvalue weighted by Crippen LogP contribution is -1.95. The number of nitrogen functional groups attached to an aromatic ring is 1. The van der Waals surface area contributed by atoms with Crippen LogP contribution in [0.5, 0.6) is 11.6 Å². The molecule has 1 aromatic heterocycles. The number of aromatic nitrogens is 1. The highest BCUT2D eigenvalue weighted by atomic mass is 16.5. The van der Waals surface area contributed by atoms with Gasteiger partial charge in [0, 0.05) is 23.5 Å². The van der Waals surface area contributed by atoms with Crippen molar-refractivity contribution in [2.24, 2.45) is 0 Å². The van der Waals surface area contributed by atoms with Gasteiger partial charge in [-0.2, -0.15) is 5.26 Å². The van der Waals surface area contributed by atoms with Crippen LogP contribution in [-0.2, 0) is 6.42 Å². The zero-order valence-corrected chi connectivity index (χ0v) is 10.3. The molecule has 19 heavy (non-hydrogen) atoms. The van der Waals surface area contributed by atoms with Gasteiger partial charge in [-0.1, -0.05) is 6.08 Å². The minimum atomic E-state index is 0.383. The van der Waals surface area contributed by atoms with E-state index in [-0.39, 0.29) is 0 Å². The van der Waals surface area contributed by atoms with Crippen molar-refractivity contribution in [3.63, 3.8) is 0 Å². The molecule has 2 N–H and O–H groups in total. The third kappa shape index (κ3) is 3.11. The summed E-state index contributed by atoms with van der Waals surface area (Å²) >= 11 is 0.